The maximum atomic E-state index is 13.5. The predicted octanol–water partition coefficient (Wildman–Crippen LogP) is 6.15. The molecule has 1 N–H and O–H groups in total. The number of aromatic nitrogens is 3. The fraction of sp³-hybridized carbons (Fsp3) is 0.0385. The summed E-state index contributed by atoms with van der Waals surface area (Å²) in [7, 11) is 0. The monoisotopic (exact) mass is 489 g/mol. The number of carbonyl (C=O) groups excluding carboxylic acids is 1. The summed E-state index contributed by atoms with van der Waals surface area (Å²) in [5.41, 5.74) is 3.17. The first-order chi connectivity index (χ1) is 16.5. The molecule has 0 aliphatic carbocycles. The molecule has 0 bridgehead atoms. The molecule has 0 fully saturated rings. The van der Waals surface area contributed by atoms with Crippen LogP contribution in [-0.2, 0) is 0 Å². The van der Waals surface area contributed by atoms with E-state index in [4.69, 9.17) is 16.6 Å². The Balaban J connectivity index is 1.61. The van der Waals surface area contributed by atoms with E-state index in [0.29, 0.717) is 32.5 Å². The number of halogens is 2. The highest BCUT2D eigenvalue weighted by atomic mass is 35.5. The molecule has 0 unspecified atom stereocenters. The van der Waals surface area contributed by atoms with Gasteiger partial charge in [0.1, 0.15) is 16.9 Å². The van der Waals surface area contributed by atoms with Crippen LogP contribution in [-0.4, -0.2) is 26.1 Å². The lowest BCUT2D eigenvalue weighted by Gasteiger charge is -2.12. The van der Waals surface area contributed by atoms with Gasteiger partial charge in [-0.15, -0.1) is 0 Å². The Morgan fingerprint density at radius 1 is 1.00 bits per heavy atom. The zero-order chi connectivity index (χ0) is 23.7. The molecular weight excluding hydrogens is 473 g/mol. The Bertz CT molecular complexity index is 1550. The third-order valence-corrected chi connectivity index (χ3v) is 6.53. The summed E-state index contributed by atoms with van der Waals surface area (Å²) >= 11 is 7.07. The Kier molecular flexibility index (Phi) is 6.04. The molecule has 34 heavy (non-hydrogen) atoms. The summed E-state index contributed by atoms with van der Waals surface area (Å²) < 4.78 is 14.9. The van der Waals surface area contributed by atoms with Crippen LogP contribution in [0.15, 0.2) is 95.0 Å². The lowest BCUT2D eigenvalue weighted by Crippen LogP contribution is -2.22. The van der Waals surface area contributed by atoms with Crippen molar-refractivity contribution in [1.29, 1.82) is 0 Å². The molecule has 0 radical (unpaired) electrons. The van der Waals surface area contributed by atoms with Crippen LogP contribution in [0, 0.1) is 5.82 Å². The van der Waals surface area contributed by atoms with E-state index in [2.05, 4.69) is 4.98 Å². The highest BCUT2D eigenvalue weighted by Gasteiger charge is 2.19. The number of carbonyl (C=O) groups is 1. The van der Waals surface area contributed by atoms with Gasteiger partial charge < -0.3 is 4.98 Å². The van der Waals surface area contributed by atoms with Crippen LogP contribution < -0.4 is 5.56 Å². The third kappa shape index (κ3) is 4.27. The van der Waals surface area contributed by atoms with E-state index in [9.17, 15) is 14.0 Å². The number of rotatable bonds is 6. The number of H-pyrrole nitrogens is 1. The maximum Gasteiger partial charge on any atom is 0.283 e. The molecule has 0 atom stereocenters. The smallest absolute Gasteiger partial charge is 0.283 e. The van der Waals surface area contributed by atoms with Crippen LogP contribution in [0.2, 0.25) is 5.02 Å². The van der Waals surface area contributed by atoms with Crippen molar-refractivity contribution in [1.82, 2.24) is 14.5 Å². The van der Waals surface area contributed by atoms with Gasteiger partial charge in [-0.05, 0) is 54.1 Å². The highest BCUT2D eigenvalue weighted by Crippen LogP contribution is 2.29. The minimum Gasteiger partial charge on any atom is -0.355 e. The van der Waals surface area contributed by atoms with Crippen molar-refractivity contribution in [3.63, 3.8) is 0 Å². The molecule has 0 aliphatic rings. The lowest BCUT2D eigenvalue weighted by molar-refractivity contribution is 0.102. The quantitative estimate of drug-likeness (QED) is 0.176. The van der Waals surface area contributed by atoms with Crippen LogP contribution in [0.4, 0.5) is 4.39 Å². The first kappa shape index (κ1) is 22.1. The zero-order valence-electron chi connectivity index (χ0n) is 17.7. The number of ketones is 1. The minimum absolute atomic E-state index is 0.0614. The summed E-state index contributed by atoms with van der Waals surface area (Å²) in [5.74, 6) is -0.477. The normalized spacial score (nSPS) is 11.1. The van der Waals surface area contributed by atoms with E-state index < -0.39 is 5.82 Å². The summed E-state index contributed by atoms with van der Waals surface area (Å²) in [6.45, 7) is 0. The number of hydrogen-bond acceptors (Lipinski definition) is 4. The fourth-order valence-electron chi connectivity index (χ4n) is 3.64. The number of benzene rings is 3. The van der Waals surface area contributed by atoms with Gasteiger partial charge in [0, 0.05) is 22.3 Å². The van der Waals surface area contributed by atoms with Crippen LogP contribution in [0.25, 0.3) is 27.8 Å². The second-order valence-corrected chi connectivity index (χ2v) is 8.90. The van der Waals surface area contributed by atoms with E-state index in [1.165, 1.54) is 28.8 Å². The lowest BCUT2D eigenvalue weighted by atomic mass is 10.1. The van der Waals surface area contributed by atoms with Gasteiger partial charge in [-0.1, -0.05) is 53.7 Å². The van der Waals surface area contributed by atoms with Crippen LogP contribution in [0.3, 0.4) is 0 Å². The van der Waals surface area contributed by atoms with Crippen molar-refractivity contribution < 1.29 is 9.18 Å². The van der Waals surface area contributed by atoms with Gasteiger partial charge in [0.15, 0.2) is 10.9 Å². The molecule has 168 valence electrons. The van der Waals surface area contributed by atoms with Gasteiger partial charge in [0.05, 0.1) is 11.4 Å². The highest BCUT2D eigenvalue weighted by molar-refractivity contribution is 7.99. The largest absolute Gasteiger partial charge is 0.355 e. The number of hydrogen-bond donors (Lipinski definition) is 1. The van der Waals surface area contributed by atoms with E-state index in [-0.39, 0.29) is 17.1 Å². The second kappa shape index (κ2) is 9.29. The maximum absolute atomic E-state index is 13.5. The number of aromatic amines is 1. The average molecular weight is 490 g/mol. The van der Waals surface area contributed by atoms with Gasteiger partial charge in [-0.2, -0.15) is 0 Å². The zero-order valence-corrected chi connectivity index (χ0v) is 19.2. The molecule has 5 aromatic rings. The van der Waals surface area contributed by atoms with E-state index in [1.807, 2.05) is 30.3 Å². The summed E-state index contributed by atoms with van der Waals surface area (Å²) in [6.07, 6.45) is 1.75. The number of fused-ring (bicyclic) bond motifs is 1. The summed E-state index contributed by atoms with van der Waals surface area (Å²) in [4.78, 5) is 34.1. The molecule has 0 spiro atoms. The molecule has 5 rings (SSSR count). The van der Waals surface area contributed by atoms with Crippen molar-refractivity contribution >= 4 is 40.2 Å². The number of Topliss-reactive ketones (excluding diaryl/α,β-unsaturated/α-hetero) is 1. The number of nitrogens with zero attached hydrogens (tertiary/aromatic N) is 2. The molecule has 2 aromatic heterocycles. The van der Waals surface area contributed by atoms with Gasteiger partial charge in [-0.3, -0.25) is 14.2 Å². The molecule has 0 aliphatic heterocycles. The minimum atomic E-state index is -0.413. The van der Waals surface area contributed by atoms with Crippen LogP contribution in [0.1, 0.15) is 10.4 Å². The van der Waals surface area contributed by atoms with Crippen molar-refractivity contribution in [2.24, 2.45) is 0 Å². The van der Waals surface area contributed by atoms with Gasteiger partial charge >= 0.3 is 0 Å². The number of nitrogens with one attached hydrogen (secondary N) is 1. The fourth-order valence-corrected chi connectivity index (χ4v) is 4.67. The van der Waals surface area contributed by atoms with E-state index in [1.54, 1.807) is 30.5 Å². The summed E-state index contributed by atoms with van der Waals surface area (Å²) in [5, 5.41) is 0.880. The Hall–Kier alpha value is -3.68. The van der Waals surface area contributed by atoms with Crippen molar-refractivity contribution in [2.75, 3.05) is 5.75 Å². The summed E-state index contributed by atoms with van der Waals surface area (Å²) in [6, 6.07) is 21.8. The molecular formula is C26H17ClFN3O2S. The van der Waals surface area contributed by atoms with E-state index >= 15 is 0 Å². The van der Waals surface area contributed by atoms with Gasteiger partial charge in [0.25, 0.3) is 5.56 Å². The Morgan fingerprint density at radius 2 is 1.71 bits per heavy atom. The third-order valence-electron chi connectivity index (χ3n) is 5.34. The second-order valence-electron chi connectivity index (χ2n) is 7.52. The number of thioether (sulfide) groups is 1. The van der Waals surface area contributed by atoms with Crippen LogP contribution >= 0.6 is 23.4 Å². The molecule has 0 saturated heterocycles. The first-order valence-electron chi connectivity index (χ1n) is 10.4. The van der Waals surface area contributed by atoms with Crippen LogP contribution in [0.5, 0.6) is 0 Å². The first-order valence-corrected chi connectivity index (χ1v) is 11.7. The van der Waals surface area contributed by atoms with E-state index in [0.717, 1.165) is 22.9 Å². The Morgan fingerprint density at radius 3 is 2.41 bits per heavy atom. The molecule has 5 nitrogen and oxygen atoms in total. The molecule has 0 amide bonds. The predicted molar refractivity (Wildman–Crippen MR) is 134 cm³/mol. The molecule has 2 heterocycles. The molecule has 3 aromatic carbocycles. The van der Waals surface area contributed by atoms with Crippen molar-refractivity contribution in [3.05, 3.63) is 112 Å². The van der Waals surface area contributed by atoms with Crippen molar-refractivity contribution in [2.45, 2.75) is 5.16 Å². The van der Waals surface area contributed by atoms with Gasteiger partial charge in [0.2, 0.25) is 0 Å². The topological polar surface area (TPSA) is 67.8 Å². The molecule has 0 saturated carbocycles. The SMILES string of the molecule is O=C(CSc1nc2c(-c3ccccc3)c[nH]c2c(=O)n1-c1ccc(F)cc1)c1ccc(Cl)cc1. The van der Waals surface area contributed by atoms with Gasteiger partial charge in [-0.25, -0.2) is 9.37 Å². The Labute approximate surface area is 203 Å². The molecule has 8 heteroatoms. The van der Waals surface area contributed by atoms with Crippen molar-refractivity contribution in [3.8, 4) is 16.8 Å². The standard InChI is InChI=1S/C26H17ClFN3O2S/c27-18-8-6-17(7-9-18)22(32)15-34-26-30-23-21(16-4-2-1-3-5-16)14-29-24(23)25(33)31(26)20-12-10-19(28)11-13-20/h1-14,29H,15H2. The average Bonchev–Trinajstić information content (AvgIpc) is 3.29.